The van der Waals surface area contributed by atoms with Crippen LogP contribution in [-0.4, -0.2) is 30.5 Å². The van der Waals surface area contributed by atoms with Crippen molar-refractivity contribution in [3.8, 4) is 5.75 Å². The molecule has 18 heavy (non-hydrogen) atoms. The molecule has 1 aliphatic heterocycles. The van der Waals surface area contributed by atoms with Crippen molar-refractivity contribution >= 4 is 5.91 Å². The van der Waals surface area contributed by atoms with Gasteiger partial charge in [0.15, 0.2) is 6.61 Å². The predicted molar refractivity (Wildman–Crippen MR) is 70.3 cm³/mol. The zero-order valence-corrected chi connectivity index (χ0v) is 10.6. The Hall–Kier alpha value is -1.55. The van der Waals surface area contributed by atoms with Gasteiger partial charge in [-0.25, -0.2) is 0 Å². The Kier molecular flexibility index (Phi) is 4.59. The van der Waals surface area contributed by atoms with E-state index in [1.54, 1.807) is 0 Å². The van der Waals surface area contributed by atoms with E-state index in [1.165, 1.54) is 37.9 Å². The highest BCUT2D eigenvalue weighted by Crippen LogP contribution is 2.17. The molecule has 1 heterocycles. The molecule has 0 aromatic heterocycles. The van der Waals surface area contributed by atoms with Gasteiger partial charge in [0.25, 0.3) is 5.91 Å². The van der Waals surface area contributed by atoms with Crippen LogP contribution in [0.2, 0.25) is 0 Å². The number of amides is 1. The third-order valence-electron chi connectivity index (χ3n) is 3.13. The standard InChI is InChI=1S/C14H20N2O2/c15-14(17)11-18-13-6-4-5-12(9-13)10-16-7-2-1-3-8-16/h4-6,9H,1-3,7-8,10-11H2,(H2,15,17). The molecule has 1 amide bonds. The first-order chi connectivity index (χ1) is 8.74. The maximum absolute atomic E-state index is 10.7. The van der Waals surface area contributed by atoms with E-state index in [-0.39, 0.29) is 6.61 Å². The van der Waals surface area contributed by atoms with Gasteiger partial charge in [0, 0.05) is 6.54 Å². The highest BCUT2D eigenvalue weighted by Gasteiger charge is 2.10. The second kappa shape index (κ2) is 6.40. The normalized spacial score (nSPS) is 16.4. The van der Waals surface area contributed by atoms with Crippen LogP contribution in [0.1, 0.15) is 24.8 Å². The molecule has 1 fully saturated rings. The molecule has 0 unspecified atom stereocenters. The van der Waals surface area contributed by atoms with Crippen molar-refractivity contribution in [2.24, 2.45) is 5.73 Å². The number of ether oxygens (including phenoxy) is 1. The summed E-state index contributed by atoms with van der Waals surface area (Å²) < 4.78 is 5.30. The van der Waals surface area contributed by atoms with Crippen molar-refractivity contribution in [1.29, 1.82) is 0 Å². The van der Waals surface area contributed by atoms with E-state index >= 15 is 0 Å². The van der Waals surface area contributed by atoms with Gasteiger partial charge in [-0.2, -0.15) is 0 Å². The second-order valence-electron chi connectivity index (χ2n) is 4.74. The molecule has 0 spiro atoms. The summed E-state index contributed by atoms with van der Waals surface area (Å²) in [5, 5.41) is 0. The average molecular weight is 248 g/mol. The average Bonchev–Trinajstić information content (AvgIpc) is 2.38. The van der Waals surface area contributed by atoms with Crippen molar-refractivity contribution in [3.05, 3.63) is 29.8 Å². The number of carbonyl (C=O) groups excluding carboxylic acids is 1. The third kappa shape index (κ3) is 4.04. The Morgan fingerprint density at radius 3 is 2.78 bits per heavy atom. The van der Waals surface area contributed by atoms with E-state index in [1.807, 2.05) is 18.2 Å². The monoisotopic (exact) mass is 248 g/mol. The lowest BCUT2D eigenvalue weighted by atomic mass is 10.1. The SMILES string of the molecule is NC(=O)COc1cccc(CN2CCCCC2)c1. The number of hydrogen-bond donors (Lipinski definition) is 1. The van der Waals surface area contributed by atoms with E-state index in [0.717, 1.165) is 6.54 Å². The van der Waals surface area contributed by atoms with Crippen molar-refractivity contribution in [3.63, 3.8) is 0 Å². The van der Waals surface area contributed by atoms with E-state index in [4.69, 9.17) is 10.5 Å². The molecule has 98 valence electrons. The van der Waals surface area contributed by atoms with Gasteiger partial charge in [0.05, 0.1) is 0 Å². The molecule has 1 aromatic carbocycles. The molecule has 4 heteroatoms. The highest BCUT2D eigenvalue weighted by atomic mass is 16.5. The molecule has 0 aliphatic carbocycles. The first-order valence-corrected chi connectivity index (χ1v) is 6.46. The van der Waals surface area contributed by atoms with Crippen LogP contribution < -0.4 is 10.5 Å². The summed E-state index contributed by atoms with van der Waals surface area (Å²) >= 11 is 0. The number of hydrogen-bond acceptors (Lipinski definition) is 3. The molecule has 1 aliphatic rings. The van der Waals surface area contributed by atoms with Crippen LogP contribution in [0.3, 0.4) is 0 Å². The van der Waals surface area contributed by atoms with Crippen LogP contribution in [0, 0.1) is 0 Å². The van der Waals surface area contributed by atoms with Crippen LogP contribution in [-0.2, 0) is 11.3 Å². The maximum atomic E-state index is 10.7. The number of nitrogens with two attached hydrogens (primary N) is 1. The number of likely N-dealkylation sites (tertiary alicyclic amines) is 1. The molecule has 4 nitrogen and oxygen atoms in total. The molecule has 2 N–H and O–H groups in total. The maximum Gasteiger partial charge on any atom is 0.255 e. The number of piperidine rings is 1. The lowest BCUT2D eigenvalue weighted by molar-refractivity contribution is -0.119. The van der Waals surface area contributed by atoms with Gasteiger partial charge in [-0.05, 0) is 43.6 Å². The number of benzene rings is 1. The molecular weight excluding hydrogens is 228 g/mol. The Balaban J connectivity index is 1.91. The zero-order valence-electron chi connectivity index (χ0n) is 10.6. The summed E-state index contributed by atoms with van der Waals surface area (Å²) in [5.41, 5.74) is 6.28. The van der Waals surface area contributed by atoms with Gasteiger partial charge in [-0.1, -0.05) is 18.6 Å². The minimum atomic E-state index is -0.448. The Bertz CT molecular complexity index is 401. The number of primary amides is 1. The van der Waals surface area contributed by atoms with Crippen LogP contribution in [0.15, 0.2) is 24.3 Å². The largest absolute Gasteiger partial charge is 0.484 e. The number of nitrogens with zero attached hydrogens (tertiary/aromatic N) is 1. The van der Waals surface area contributed by atoms with Crippen LogP contribution in [0.25, 0.3) is 0 Å². The predicted octanol–water partition coefficient (Wildman–Crippen LogP) is 1.54. The summed E-state index contributed by atoms with van der Waals surface area (Å²) in [7, 11) is 0. The summed E-state index contributed by atoms with van der Waals surface area (Å²) in [4.78, 5) is 13.1. The minimum absolute atomic E-state index is 0.0623. The Morgan fingerprint density at radius 1 is 1.28 bits per heavy atom. The first-order valence-electron chi connectivity index (χ1n) is 6.46. The minimum Gasteiger partial charge on any atom is -0.484 e. The summed E-state index contributed by atoms with van der Waals surface area (Å²) in [6.07, 6.45) is 3.92. The topological polar surface area (TPSA) is 55.6 Å². The Morgan fingerprint density at radius 2 is 2.06 bits per heavy atom. The molecule has 1 saturated heterocycles. The van der Waals surface area contributed by atoms with Crippen molar-refractivity contribution < 1.29 is 9.53 Å². The fourth-order valence-corrected chi connectivity index (χ4v) is 2.26. The lowest BCUT2D eigenvalue weighted by Crippen LogP contribution is -2.29. The van der Waals surface area contributed by atoms with E-state index in [9.17, 15) is 4.79 Å². The lowest BCUT2D eigenvalue weighted by Gasteiger charge is -2.26. The zero-order chi connectivity index (χ0) is 12.8. The van der Waals surface area contributed by atoms with Crippen LogP contribution >= 0.6 is 0 Å². The molecular formula is C14H20N2O2. The van der Waals surface area contributed by atoms with E-state index in [0.29, 0.717) is 5.75 Å². The van der Waals surface area contributed by atoms with Crippen LogP contribution in [0.5, 0.6) is 5.75 Å². The quantitative estimate of drug-likeness (QED) is 0.860. The van der Waals surface area contributed by atoms with Crippen LogP contribution in [0.4, 0.5) is 0 Å². The molecule has 2 rings (SSSR count). The Labute approximate surface area is 108 Å². The summed E-state index contributed by atoms with van der Waals surface area (Å²) in [6.45, 7) is 3.24. The van der Waals surface area contributed by atoms with Crippen molar-refractivity contribution in [2.75, 3.05) is 19.7 Å². The first kappa shape index (κ1) is 12.9. The smallest absolute Gasteiger partial charge is 0.255 e. The molecule has 0 saturated carbocycles. The third-order valence-corrected chi connectivity index (χ3v) is 3.13. The second-order valence-corrected chi connectivity index (χ2v) is 4.74. The van der Waals surface area contributed by atoms with Gasteiger partial charge in [0.1, 0.15) is 5.75 Å². The van der Waals surface area contributed by atoms with Crippen molar-refractivity contribution in [2.45, 2.75) is 25.8 Å². The van der Waals surface area contributed by atoms with Gasteiger partial charge >= 0.3 is 0 Å². The van der Waals surface area contributed by atoms with Gasteiger partial charge in [-0.15, -0.1) is 0 Å². The summed E-state index contributed by atoms with van der Waals surface area (Å²) in [6, 6.07) is 7.88. The van der Waals surface area contributed by atoms with Gasteiger partial charge < -0.3 is 10.5 Å². The fourth-order valence-electron chi connectivity index (χ4n) is 2.26. The molecule has 0 bridgehead atoms. The molecule has 0 atom stereocenters. The van der Waals surface area contributed by atoms with Crippen molar-refractivity contribution in [1.82, 2.24) is 4.90 Å². The van der Waals surface area contributed by atoms with Gasteiger partial charge in [-0.3, -0.25) is 9.69 Å². The molecule has 1 aromatic rings. The molecule has 0 radical (unpaired) electrons. The van der Waals surface area contributed by atoms with E-state index in [2.05, 4.69) is 11.0 Å². The van der Waals surface area contributed by atoms with E-state index < -0.39 is 5.91 Å². The highest BCUT2D eigenvalue weighted by molar-refractivity contribution is 5.75. The summed E-state index contributed by atoms with van der Waals surface area (Å²) in [5.74, 6) is 0.264. The fraction of sp³-hybridized carbons (Fsp3) is 0.500. The number of carbonyl (C=O) groups is 1. The number of rotatable bonds is 5. The van der Waals surface area contributed by atoms with Gasteiger partial charge in [0.2, 0.25) is 0 Å².